The Morgan fingerprint density at radius 3 is 2.93 bits per heavy atom. The molecule has 1 heterocycles. The van der Waals surface area contributed by atoms with Gasteiger partial charge in [-0.05, 0) is 25.7 Å². The summed E-state index contributed by atoms with van der Waals surface area (Å²) in [6, 6.07) is 0. The zero-order valence-corrected chi connectivity index (χ0v) is 8.85. The number of ether oxygens (including phenoxy) is 2. The van der Waals surface area contributed by atoms with Crippen molar-refractivity contribution in [3.05, 3.63) is 0 Å². The summed E-state index contributed by atoms with van der Waals surface area (Å²) in [5.41, 5.74) is 4.89. The Bertz CT molecular complexity index is 228. The van der Waals surface area contributed by atoms with Crippen molar-refractivity contribution < 1.29 is 14.3 Å². The van der Waals surface area contributed by atoms with Crippen molar-refractivity contribution in [2.45, 2.75) is 36.7 Å². The highest BCUT2D eigenvalue weighted by Gasteiger charge is 2.43. The highest BCUT2D eigenvalue weighted by atomic mass is 32.2. The smallest absolute Gasteiger partial charge is 0.404 e. The Balaban J connectivity index is 1.79. The number of carbonyl (C=O) groups is 1. The van der Waals surface area contributed by atoms with Gasteiger partial charge >= 0.3 is 6.09 Å². The maximum Gasteiger partial charge on any atom is 0.404 e. The monoisotopic (exact) mass is 217 g/mol. The van der Waals surface area contributed by atoms with E-state index in [1.165, 1.54) is 12.8 Å². The number of nitrogens with two attached hydrogens (primary N) is 1. The van der Waals surface area contributed by atoms with Gasteiger partial charge in [0.2, 0.25) is 0 Å². The summed E-state index contributed by atoms with van der Waals surface area (Å²) in [4.78, 5) is 10.4. The third-order valence-electron chi connectivity index (χ3n) is 2.69. The molecule has 0 radical (unpaired) electrons. The second-order valence-electron chi connectivity index (χ2n) is 3.80. The molecule has 5 heteroatoms. The number of hydrogen-bond acceptors (Lipinski definition) is 4. The van der Waals surface area contributed by atoms with E-state index >= 15 is 0 Å². The van der Waals surface area contributed by atoms with Gasteiger partial charge in [0, 0.05) is 5.75 Å². The third-order valence-corrected chi connectivity index (χ3v) is 4.26. The first kappa shape index (κ1) is 10.1. The van der Waals surface area contributed by atoms with E-state index in [1.54, 1.807) is 0 Å². The molecule has 1 spiro atoms. The van der Waals surface area contributed by atoms with Crippen LogP contribution in [0.5, 0.6) is 0 Å². The van der Waals surface area contributed by atoms with Crippen LogP contribution in [0, 0.1) is 0 Å². The van der Waals surface area contributed by atoms with Gasteiger partial charge in [0.05, 0.1) is 0 Å². The van der Waals surface area contributed by atoms with Crippen LogP contribution in [0.25, 0.3) is 0 Å². The molecule has 0 aromatic rings. The number of rotatable bonds is 2. The summed E-state index contributed by atoms with van der Waals surface area (Å²) in [6.07, 6.45) is 4.07. The molecule has 0 aromatic carbocycles. The number of carbonyl (C=O) groups excluding carboxylic acids is 1. The Labute approximate surface area is 87.5 Å². The molecule has 1 amide bonds. The van der Waals surface area contributed by atoms with E-state index in [4.69, 9.17) is 15.2 Å². The quantitative estimate of drug-likeness (QED) is 0.761. The van der Waals surface area contributed by atoms with Crippen molar-refractivity contribution in [2.75, 3.05) is 12.4 Å². The van der Waals surface area contributed by atoms with Crippen molar-refractivity contribution in [3.63, 3.8) is 0 Å². The normalized spacial score (nSPS) is 29.6. The van der Waals surface area contributed by atoms with E-state index in [1.807, 2.05) is 11.8 Å². The van der Waals surface area contributed by atoms with Gasteiger partial charge in [-0.15, -0.1) is 11.8 Å². The Morgan fingerprint density at radius 1 is 1.57 bits per heavy atom. The van der Waals surface area contributed by atoms with E-state index in [9.17, 15) is 4.79 Å². The molecule has 0 bridgehead atoms. The van der Waals surface area contributed by atoms with Crippen molar-refractivity contribution in [1.29, 1.82) is 0 Å². The molecule has 1 atom stereocenters. The number of hydrogen-bond donors (Lipinski definition) is 1. The van der Waals surface area contributed by atoms with E-state index in [2.05, 4.69) is 0 Å². The van der Waals surface area contributed by atoms with Gasteiger partial charge in [0.15, 0.2) is 0 Å². The van der Waals surface area contributed by atoms with Crippen LogP contribution in [0.1, 0.15) is 25.7 Å². The highest BCUT2D eigenvalue weighted by Crippen LogP contribution is 2.48. The summed E-state index contributed by atoms with van der Waals surface area (Å²) >= 11 is 1.86. The molecule has 1 saturated carbocycles. The lowest BCUT2D eigenvalue weighted by Crippen LogP contribution is -2.27. The molecule has 2 fully saturated rings. The van der Waals surface area contributed by atoms with Gasteiger partial charge in [-0.25, -0.2) is 4.79 Å². The van der Waals surface area contributed by atoms with Crippen molar-refractivity contribution in [3.8, 4) is 0 Å². The van der Waals surface area contributed by atoms with Crippen molar-refractivity contribution >= 4 is 17.9 Å². The number of primary amides is 1. The van der Waals surface area contributed by atoms with Gasteiger partial charge in [0.25, 0.3) is 0 Å². The lowest BCUT2D eigenvalue weighted by atomic mass is 10.3. The summed E-state index contributed by atoms with van der Waals surface area (Å²) in [5.74, 6) is 0.910. The maximum absolute atomic E-state index is 10.4. The second kappa shape index (κ2) is 3.98. The van der Waals surface area contributed by atoms with E-state index < -0.39 is 6.09 Å². The molecular weight excluding hydrogens is 202 g/mol. The van der Waals surface area contributed by atoms with Gasteiger partial charge in [-0.1, -0.05) is 0 Å². The standard InChI is InChI=1S/C9H15NO3S/c10-8(11)12-5-7-6-14-9(13-7)3-1-2-4-9/h7H,1-6H2,(H2,10,11)/t7-/m0/s1. The Kier molecular flexibility index (Phi) is 2.88. The van der Waals surface area contributed by atoms with Crippen LogP contribution in [0.2, 0.25) is 0 Å². The highest BCUT2D eigenvalue weighted by molar-refractivity contribution is 8.00. The fourth-order valence-corrected chi connectivity index (χ4v) is 3.49. The molecule has 0 unspecified atom stereocenters. The minimum Gasteiger partial charge on any atom is -0.447 e. The average molecular weight is 217 g/mol. The summed E-state index contributed by atoms with van der Waals surface area (Å²) in [5, 5.41) is 0. The molecule has 2 rings (SSSR count). The largest absolute Gasteiger partial charge is 0.447 e. The molecule has 4 nitrogen and oxygen atoms in total. The molecule has 1 aliphatic carbocycles. The van der Waals surface area contributed by atoms with Gasteiger partial charge in [0.1, 0.15) is 17.6 Å². The fraction of sp³-hybridized carbons (Fsp3) is 0.889. The molecule has 1 aliphatic heterocycles. The lowest BCUT2D eigenvalue weighted by Gasteiger charge is -2.22. The first-order valence-corrected chi connectivity index (χ1v) is 5.93. The van der Waals surface area contributed by atoms with Crippen LogP contribution in [0.15, 0.2) is 0 Å². The third kappa shape index (κ3) is 2.15. The fourth-order valence-electron chi connectivity index (χ4n) is 2.05. The zero-order valence-electron chi connectivity index (χ0n) is 8.03. The van der Waals surface area contributed by atoms with Gasteiger partial charge < -0.3 is 15.2 Å². The first-order valence-electron chi connectivity index (χ1n) is 4.94. The minimum atomic E-state index is -0.717. The van der Waals surface area contributed by atoms with Gasteiger partial charge in [-0.3, -0.25) is 0 Å². The Morgan fingerprint density at radius 2 is 2.29 bits per heavy atom. The number of thioether (sulfide) groups is 1. The van der Waals surface area contributed by atoms with Crippen LogP contribution in [-0.2, 0) is 9.47 Å². The molecule has 80 valence electrons. The van der Waals surface area contributed by atoms with E-state index in [0.29, 0.717) is 6.61 Å². The van der Waals surface area contributed by atoms with Crippen LogP contribution in [0.4, 0.5) is 4.79 Å². The Hall–Kier alpha value is -0.420. The topological polar surface area (TPSA) is 61.6 Å². The molecule has 2 N–H and O–H groups in total. The van der Waals surface area contributed by atoms with Gasteiger partial charge in [-0.2, -0.15) is 0 Å². The molecule has 1 saturated heterocycles. The average Bonchev–Trinajstić information content (AvgIpc) is 2.74. The van der Waals surface area contributed by atoms with Crippen LogP contribution in [0.3, 0.4) is 0 Å². The summed E-state index contributed by atoms with van der Waals surface area (Å²) < 4.78 is 10.6. The van der Waals surface area contributed by atoms with Crippen LogP contribution < -0.4 is 5.73 Å². The molecule has 14 heavy (non-hydrogen) atoms. The number of amides is 1. The second-order valence-corrected chi connectivity index (χ2v) is 5.16. The predicted molar refractivity (Wildman–Crippen MR) is 54.1 cm³/mol. The first-order chi connectivity index (χ1) is 6.70. The SMILES string of the molecule is NC(=O)OC[C@H]1CSC2(CCCC2)O1. The van der Waals surface area contributed by atoms with E-state index in [-0.39, 0.29) is 11.0 Å². The molecule has 2 aliphatic rings. The maximum atomic E-state index is 10.4. The van der Waals surface area contributed by atoms with Crippen molar-refractivity contribution in [2.24, 2.45) is 5.73 Å². The van der Waals surface area contributed by atoms with Crippen LogP contribution in [-0.4, -0.2) is 29.5 Å². The molecular formula is C9H15NO3S. The van der Waals surface area contributed by atoms with Crippen LogP contribution >= 0.6 is 11.8 Å². The zero-order chi connectivity index (χ0) is 10.0. The lowest BCUT2D eigenvalue weighted by molar-refractivity contribution is -0.0304. The summed E-state index contributed by atoms with van der Waals surface area (Å²) in [7, 11) is 0. The van der Waals surface area contributed by atoms with E-state index in [0.717, 1.165) is 18.6 Å². The molecule has 0 aromatic heterocycles. The minimum absolute atomic E-state index is 0.0330. The predicted octanol–water partition coefficient (Wildman–Crippen LogP) is 1.48. The summed E-state index contributed by atoms with van der Waals surface area (Å²) in [6.45, 7) is 0.296. The van der Waals surface area contributed by atoms with Crippen molar-refractivity contribution in [1.82, 2.24) is 0 Å².